The van der Waals surface area contributed by atoms with Gasteiger partial charge in [-0.25, -0.2) is 8.78 Å². The van der Waals surface area contributed by atoms with Gasteiger partial charge in [0.15, 0.2) is 0 Å². The maximum absolute atomic E-state index is 14.1. The normalized spacial score (nSPS) is 12.5. The van der Waals surface area contributed by atoms with E-state index in [2.05, 4.69) is 0 Å². The Hall–Kier alpha value is -1.74. The zero-order valence-corrected chi connectivity index (χ0v) is 11.3. The van der Waals surface area contributed by atoms with Crippen LogP contribution in [-0.4, -0.2) is 0 Å². The van der Waals surface area contributed by atoms with E-state index in [0.29, 0.717) is 5.56 Å². The number of rotatable bonds is 2. The van der Waals surface area contributed by atoms with Gasteiger partial charge in [-0.15, -0.1) is 0 Å². The number of hydrogen-bond acceptors (Lipinski definition) is 1. The van der Waals surface area contributed by atoms with Crippen LogP contribution in [0.25, 0.3) is 0 Å². The molecule has 0 heterocycles. The summed E-state index contributed by atoms with van der Waals surface area (Å²) in [4.78, 5) is 0. The van der Waals surface area contributed by atoms with Crippen LogP contribution in [0.3, 0.4) is 0 Å². The average molecular weight is 261 g/mol. The average Bonchev–Trinajstić information content (AvgIpc) is 2.34. The van der Waals surface area contributed by atoms with Gasteiger partial charge in [0.1, 0.15) is 11.6 Å². The quantitative estimate of drug-likeness (QED) is 0.870. The van der Waals surface area contributed by atoms with Crippen molar-refractivity contribution in [2.75, 3.05) is 0 Å². The highest BCUT2D eigenvalue weighted by Gasteiger charge is 2.22. The van der Waals surface area contributed by atoms with Gasteiger partial charge in [-0.05, 0) is 49.1 Å². The van der Waals surface area contributed by atoms with Gasteiger partial charge in [0.2, 0.25) is 0 Å². The van der Waals surface area contributed by atoms with Crippen LogP contribution in [0.1, 0.15) is 33.9 Å². The van der Waals surface area contributed by atoms with E-state index in [-0.39, 0.29) is 5.56 Å². The molecule has 0 aliphatic heterocycles. The number of hydrogen-bond donors (Lipinski definition) is 1. The van der Waals surface area contributed by atoms with Crippen LogP contribution in [-0.2, 0) is 0 Å². The molecule has 0 aromatic heterocycles. The van der Waals surface area contributed by atoms with Gasteiger partial charge in [-0.2, -0.15) is 0 Å². The Morgan fingerprint density at radius 1 is 0.842 bits per heavy atom. The van der Waals surface area contributed by atoms with E-state index in [1.807, 2.05) is 32.0 Å². The summed E-state index contributed by atoms with van der Waals surface area (Å²) in [6.45, 7) is 5.40. The van der Waals surface area contributed by atoms with Gasteiger partial charge < -0.3 is 5.73 Å². The number of benzene rings is 2. The van der Waals surface area contributed by atoms with Gasteiger partial charge in [0.25, 0.3) is 0 Å². The van der Waals surface area contributed by atoms with Crippen LogP contribution in [0, 0.1) is 32.4 Å². The standard InChI is InChI=1S/C16H17F2N/c1-9-5-4-6-10(2)13(9)16(19)14-12(17)8-7-11(3)15(14)18/h4-8,16H,19H2,1-3H3. The fourth-order valence-electron chi connectivity index (χ4n) is 2.43. The molecule has 2 rings (SSSR count). The Balaban J connectivity index is 2.63. The first-order valence-corrected chi connectivity index (χ1v) is 6.19. The predicted octanol–water partition coefficient (Wildman–Crippen LogP) is 3.94. The maximum atomic E-state index is 14.1. The topological polar surface area (TPSA) is 26.0 Å². The Bertz CT molecular complexity index is 600. The SMILES string of the molecule is Cc1ccc(F)c(C(N)c2c(C)cccc2C)c1F. The molecule has 0 fully saturated rings. The highest BCUT2D eigenvalue weighted by atomic mass is 19.1. The molecule has 0 amide bonds. The molecule has 3 heteroatoms. The Morgan fingerprint density at radius 3 is 2.00 bits per heavy atom. The van der Waals surface area contributed by atoms with Crippen LogP contribution in [0.4, 0.5) is 8.78 Å². The summed E-state index contributed by atoms with van der Waals surface area (Å²) >= 11 is 0. The minimum atomic E-state index is -0.791. The lowest BCUT2D eigenvalue weighted by molar-refractivity contribution is 0.537. The van der Waals surface area contributed by atoms with Crippen molar-refractivity contribution in [2.24, 2.45) is 5.73 Å². The third-order valence-electron chi connectivity index (χ3n) is 3.48. The first-order chi connectivity index (χ1) is 8.93. The highest BCUT2D eigenvalue weighted by Crippen LogP contribution is 2.30. The fraction of sp³-hybridized carbons (Fsp3) is 0.250. The van der Waals surface area contributed by atoms with E-state index in [1.54, 1.807) is 6.92 Å². The summed E-state index contributed by atoms with van der Waals surface area (Å²) in [6, 6.07) is 7.60. The van der Waals surface area contributed by atoms with E-state index >= 15 is 0 Å². The van der Waals surface area contributed by atoms with Gasteiger partial charge >= 0.3 is 0 Å². The molecule has 100 valence electrons. The smallest absolute Gasteiger partial charge is 0.134 e. The van der Waals surface area contributed by atoms with Gasteiger partial charge in [-0.1, -0.05) is 24.3 Å². The molecule has 1 atom stereocenters. The first kappa shape index (κ1) is 13.7. The number of nitrogens with two attached hydrogens (primary N) is 1. The summed E-state index contributed by atoms with van der Waals surface area (Å²) in [5.41, 5.74) is 9.11. The second-order valence-electron chi connectivity index (χ2n) is 4.88. The molecular weight excluding hydrogens is 244 g/mol. The van der Waals surface area contributed by atoms with Crippen molar-refractivity contribution < 1.29 is 8.78 Å². The predicted molar refractivity (Wildman–Crippen MR) is 73.0 cm³/mol. The lowest BCUT2D eigenvalue weighted by atomic mass is 9.90. The third-order valence-corrected chi connectivity index (χ3v) is 3.48. The molecular formula is C16H17F2N. The van der Waals surface area contributed by atoms with E-state index in [9.17, 15) is 8.78 Å². The monoisotopic (exact) mass is 261 g/mol. The van der Waals surface area contributed by atoms with Crippen LogP contribution in [0.5, 0.6) is 0 Å². The molecule has 0 spiro atoms. The van der Waals surface area contributed by atoms with Crippen molar-refractivity contribution in [3.63, 3.8) is 0 Å². The van der Waals surface area contributed by atoms with Crippen molar-refractivity contribution in [1.29, 1.82) is 0 Å². The minimum Gasteiger partial charge on any atom is -0.320 e. The van der Waals surface area contributed by atoms with Gasteiger partial charge in [-0.3, -0.25) is 0 Å². The largest absolute Gasteiger partial charge is 0.320 e. The highest BCUT2D eigenvalue weighted by molar-refractivity contribution is 5.43. The summed E-state index contributed by atoms with van der Waals surface area (Å²) < 4.78 is 28.1. The molecule has 2 N–H and O–H groups in total. The van der Waals surface area contributed by atoms with Crippen molar-refractivity contribution in [2.45, 2.75) is 26.8 Å². The fourth-order valence-corrected chi connectivity index (χ4v) is 2.43. The maximum Gasteiger partial charge on any atom is 0.134 e. The molecule has 0 aliphatic rings. The van der Waals surface area contributed by atoms with Crippen LogP contribution < -0.4 is 5.73 Å². The van der Waals surface area contributed by atoms with Gasteiger partial charge in [0.05, 0.1) is 6.04 Å². The van der Waals surface area contributed by atoms with Crippen molar-refractivity contribution >= 4 is 0 Å². The molecule has 0 radical (unpaired) electrons. The lowest BCUT2D eigenvalue weighted by Crippen LogP contribution is -2.18. The molecule has 1 nitrogen and oxygen atoms in total. The van der Waals surface area contributed by atoms with E-state index in [0.717, 1.165) is 16.7 Å². The van der Waals surface area contributed by atoms with Gasteiger partial charge in [0, 0.05) is 5.56 Å². The van der Waals surface area contributed by atoms with Crippen molar-refractivity contribution in [3.8, 4) is 0 Å². The van der Waals surface area contributed by atoms with E-state index in [1.165, 1.54) is 12.1 Å². The van der Waals surface area contributed by atoms with Crippen LogP contribution in [0.15, 0.2) is 30.3 Å². The summed E-state index contributed by atoms with van der Waals surface area (Å²) in [5, 5.41) is 0. The molecule has 0 bridgehead atoms. The molecule has 1 unspecified atom stereocenters. The van der Waals surface area contributed by atoms with Crippen LogP contribution in [0.2, 0.25) is 0 Å². The van der Waals surface area contributed by atoms with E-state index in [4.69, 9.17) is 5.73 Å². The molecule has 0 saturated heterocycles. The Labute approximate surface area is 112 Å². The van der Waals surface area contributed by atoms with Crippen molar-refractivity contribution in [1.82, 2.24) is 0 Å². The zero-order valence-electron chi connectivity index (χ0n) is 11.3. The Kier molecular flexibility index (Phi) is 3.67. The molecule has 0 saturated carbocycles. The molecule has 19 heavy (non-hydrogen) atoms. The zero-order chi connectivity index (χ0) is 14.2. The van der Waals surface area contributed by atoms with Crippen LogP contribution >= 0.6 is 0 Å². The summed E-state index contributed by atoms with van der Waals surface area (Å²) in [5.74, 6) is -1.16. The number of aryl methyl sites for hydroxylation is 3. The second-order valence-corrected chi connectivity index (χ2v) is 4.88. The second kappa shape index (κ2) is 5.10. The summed E-state index contributed by atoms with van der Waals surface area (Å²) in [6.07, 6.45) is 0. The minimum absolute atomic E-state index is 0.0580. The van der Waals surface area contributed by atoms with Crippen molar-refractivity contribution in [3.05, 3.63) is 69.8 Å². The molecule has 2 aromatic carbocycles. The Morgan fingerprint density at radius 2 is 1.42 bits per heavy atom. The summed E-state index contributed by atoms with van der Waals surface area (Å²) in [7, 11) is 0. The lowest BCUT2D eigenvalue weighted by Gasteiger charge is -2.19. The first-order valence-electron chi connectivity index (χ1n) is 6.19. The molecule has 2 aromatic rings. The van der Waals surface area contributed by atoms with E-state index < -0.39 is 17.7 Å². The molecule has 0 aliphatic carbocycles. The number of halogens is 2. The third kappa shape index (κ3) is 2.38.